The molecule has 1 aromatic heterocycles. The maximum Gasteiger partial charge on any atom is 0.338 e. The second-order valence-electron chi connectivity index (χ2n) is 7.68. The first-order valence-electron chi connectivity index (χ1n) is 10.7. The van der Waals surface area contributed by atoms with Gasteiger partial charge in [-0.2, -0.15) is 0 Å². The third-order valence-electron chi connectivity index (χ3n) is 5.80. The zero-order chi connectivity index (χ0) is 22.7. The van der Waals surface area contributed by atoms with Gasteiger partial charge in [0.25, 0.3) is 0 Å². The molecule has 3 aromatic rings. The van der Waals surface area contributed by atoms with E-state index in [1.807, 2.05) is 34.9 Å². The van der Waals surface area contributed by atoms with Gasteiger partial charge in [-0.3, -0.25) is 4.79 Å². The number of rotatable bonds is 7. The van der Waals surface area contributed by atoms with Gasteiger partial charge in [-0.05, 0) is 43.5 Å². The van der Waals surface area contributed by atoms with E-state index in [2.05, 4.69) is 0 Å². The normalized spacial score (nSPS) is 15.2. The molecule has 0 amide bonds. The van der Waals surface area contributed by atoms with E-state index < -0.39 is 0 Å². The van der Waals surface area contributed by atoms with Crippen molar-refractivity contribution in [1.29, 1.82) is 0 Å². The molecule has 1 aliphatic carbocycles. The highest BCUT2D eigenvalue weighted by atomic mass is 16.5. The van der Waals surface area contributed by atoms with Gasteiger partial charge in [0, 0.05) is 23.6 Å². The number of hydrogen-bond donors (Lipinski definition) is 0. The van der Waals surface area contributed by atoms with Crippen molar-refractivity contribution in [3.05, 3.63) is 59.3 Å². The van der Waals surface area contributed by atoms with Crippen molar-refractivity contribution in [1.82, 2.24) is 4.57 Å². The molecule has 0 saturated carbocycles. The van der Waals surface area contributed by atoms with Crippen LogP contribution in [-0.4, -0.2) is 43.4 Å². The molecule has 2 aromatic carbocycles. The molecule has 32 heavy (non-hydrogen) atoms. The number of esters is 2. The SMILES string of the molecule is CCOC(=O)Cn1c2c(c3cc(OC)c(OC)cc31)CC(OC(=O)c1ccccc1)CC2. The van der Waals surface area contributed by atoms with E-state index in [0.717, 1.165) is 22.2 Å². The summed E-state index contributed by atoms with van der Waals surface area (Å²) in [6.45, 7) is 2.24. The molecule has 1 aliphatic rings. The van der Waals surface area contributed by atoms with Gasteiger partial charge in [-0.15, -0.1) is 0 Å². The van der Waals surface area contributed by atoms with Crippen molar-refractivity contribution in [2.75, 3.05) is 20.8 Å². The smallest absolute Gasteiger partial charge is 0.338 e. The van der Waals surface area contributed by atoms with Gasteiger partial charge in [0.2, 0.25) is 0 Å². The van der Waals surface area contributed by atoms with Crippen molar-refractivity contribution in [2.24, 2.45) is 0 Å². The molecule has 1 unspecified atom stereocenters. The summed E-state index contributed by atoms with van der Waals surface area (Å²) >= 11 is 0. The molecule has 0 N–H and O–H groups in total. The molecule has 0 bridgehead atoms. The highest BCUT2D eigenvalue weighted by Crippen LogP contribution is 2.39. The third-order valence-corrected chi connectivity index (χ3v) is 5.80. The van der Waals surface area contributed by atoms with Crippen molar-refractivity contribution in [3.63, 3.8) is 0 Å². The zero-order valence-electron chi connectivity index (χ0n) is 18.6. The third kappa shape index (κ3) is 4.15. The molecule has 0 fully saturated rings. The molecule has 1 heterocycles. The van der Waals surface area contributed by atoms with Crippen molar-refractivity contribution in [3.8, 4) is 11.5 Å². The highest BCUT2D eigenvalue weighted by Gasteiger charge is 2.29. The molecule has 7 heteroatoms. The second-order valence-corrected chi connectivity index (χ2v) is 7.68. The molecule has 4 rings (SSSR count). The molecule has 0 spiro atoms. The van der Waals surface area contributed by atoms with Crippen LogP contribution in [0.2, 0.25) is 0 Å². The standard InChI is InChI=1S/C25H27NO6/c1-4-31-24(27)15-26-20-11-10-17(32-25(28)16-8-6-5-7-9-16)12-18(20)19-13-22(29-2)23(30-3)14-21(19)26/h5-9,13-14,17H,4,10-12,15H2,1-3H3. The number of aromatic nitrogens is 1. The van der Waals surface area contributed by atoms with Crippen LogP contribution in [0, 0.1) is 0 Å². The Kier molecular flexibility index (Phi) is 6.35. The quantitative estimate of drug-likeness (QED) is 0.521. The van der Waals surface area contributed by atoms with Crippen molar-refractivity contribution in [2.45, 2.75) is 38.8 Å². The van der Waals surface area contributed by atoms with Crippen LogP contribution in [0.15, 0.2) is 42.5 Å². The fourth-order valence-electron chi connectivity index (χ4n) is 4.35. The molecule has 0 radical (unpaired) electrons. The van der Waals surface area contributed by atoms with Crippen molar-refractivity contribution >= 4 is 22.8 Å². The first kappa shape index (κ1) is 21.7. The molecule has 7 nitrogen and oxygen atoms in total. The van der Waals surface area contributed by atoms with E-state index in [0.29, 0.717) is 42.9 Å². The van der Waals surface area contributed by atoms with Gasteiger partial charge < -0.3 is 23.5 Å². The zero-order valence-corrected chi connectivity index (χ0v) is 18.6. The summed E-state index contributed by atoms with van der Waals surface area (Å²) in [6.07, 6.45) is 1.68. The number of benzene rings is 2. The van der Waals surface area contributed by atoms with Crippen LogP contribution in [0.5, 0.6) is 11.5 Å². The molecule has 0 aliphatic heterocycles. The number of carbonyl (C=O) groups is 2. The average molecular weight is 437 g/mol. The van der Waals surface area contributed by atoms with Crippen LogP contribution in [0.25, 0.3) is 10.9 Å². The summed E-state index contributed by atoms with van der Waals surface area (Å²) in [4.78, 5) is 24.9. The van der Waals surface area contributed by atoms with Crippen LogP contribution in [0.4, 0.5) is 0 Å². The van der Waals surface area contributed by atoms with E-state index in [9.17, 15) is 9.59 Å². The van der Waals surface area contributed by atoms with E-state index >= 15 is 0 Å². The predicted octanol–water partition coefficient (Wildman–Crippen LogP) is 3.94. The number of methoxy groups -OCH3 is 2. The van der Waals surface area contributed by atoms with E-state index in [-0.39, 0.29) is 24.6 Å². The van der Waals surface area contributed by atoms with Gasteiger partial charge in [-0.1, -0.05) is 18.2 Å². The summed E-state index contributed by atoms with van der Waals surface area (Å²) in [5, 5.41) is 0.961. The Bertz CT molecular complexity index is 1130. The first-order valence-corrected chi connectivity index (χ1v) is 10.7. The summed E-state index contributed by atoms with van der Waals surface area (Å²) in [5.41, 5.74) is 3.52. The Morgan fingerprint density at radius 2 is 1.78 bits per heavy atom. The van der Waals surface area contributed by atoms with E-state index in [1.165, 1.54) is 0 Å². The van der Waals surface area contributed by atoms with Crippen LogP contribution in [0.1, 0.15) is 35.0 Å². The summed E-state index contributed by atoms with van der Waals surface area (Å²) in [7, 11) is 3.18. The molecule has 168 valence electrons. The van der Waals surface area contributed by atoms with Gasteiger partial charge in [-0.25, -0.2) is 4.79 Å². The fraction of sp³-hybridized carbons (Fsp3) is 0.360. The maximum atomic E-state index is 12.6. The Morgan fingerprint density at radius 3 is 2.47 bits per heavy atom. The largest absolute Gasteiger partial charge is 0.493 e. The first-order chi connectivity index (χ1) is 15.5. The van der Waals surface area contributed by atoms with Crippen LogP contribution in [0.3, 0.4) is 0 Å². The monoisotopic (exact) mass is 437 g/mol. The van der Waals surface area contributed by atoms with E-state index in [4.69, 9.17) is 18.9 Å². The molecular weight excluding hydrogens is 410 g/mol. The lowest BCUT2D eigenvalue weighted by Crippen LogP contribution is -2.27. The molecular formula is C25H27NO6. The highest BCUT2D eigenvalue weighted by molar-refractivity contribution is 5.91. The second kappa shape index (κ2) is 9.34. The predicted molar refractivity (Wildman–Crippen MR) is 119 cm³/mol. The Hall–Kier alpha value is -3.48. The summed E-state index contributed by atoms with van der Waals surface area (Å²) in [6, 6.07) is 12.8. The number of carbonyl (C=O) groups excluding carboxylic acids is 2. The summed E-state index contributed by atoms with van der Waals surface area (Å²) in [5.74, 6) is 0.583. The van der Waals surface area contributed by atoms with Crippen LogP contribution in [-0.2, 0) is 33.7 Å². The van der Waals surface area contributed by atoms with Crippen LogP contribution < -0.4 is 9.47 Å². The maximum absolute atomic E-state index is 12.6. The van der Waals surface area contributed by atoms with Gasteiger partial charge in [0.05, 0.1) is 31.9 Å². The topological polar surface area (TPSA) is 76.0 Å². The van der Waals surface area contributed by atoms with Crippen molar-refractivity contribution < 1.29 is 28.5 Å². The minimum Gasteiger partial charge on any atom is -0.493 e. The lowest BCUT2D eigenvalue weighted by atomic mass is 9.93. The van der Waals surface area contributed by atoms with Crippen LogP contribution >= 0.6 is 0 Å². The lowest BCUT2D eigenvalue weighted by Gasteiger charge is -2.24. The number of ether oxygens (including phenoxy) is 4. The van der Waals surface area contributed by atoms with E-state index in [1.54, 1.807) is 33.3 Å². The molecule has 1 atom stereocenters. The number of hydrogen-bond acceptors (Lipinski definition) is 6. The lowest BCUT2D eigenvalue weighted by molar-refractivity contribution is -0.143. The molecule has 0 saturated heterocycles. The Morgan fingerprint density at radius 1 is 1.06 bits per heavy atom. The van der Waals surface area contributed by atoms with Gasteiger partial charge >= 0.3 is 11.9 Å². The number of nitrogens with zero attached hydrogens (tertiary/aromatic N) is 1. The van der Waals surface area contributed by atoms with Gasteiger partial charge in [0.15, 0.2) is 11.5 Å². The van der Waals surface area contributed by atoms with Gasteiger partial charge in [0.1, 0.15) is 12.6 Å². The fourth-order valence-corrected chi connectivity index (χ4v) is 4.35. The Balaban J connectivity index is 1.70. The Labute approximate surface area is 186 Å². The average Bonchev–Trinajstić information content (AvgIpc) is 3.10. The minimum absolute atomic E-state index is 0.115. The number of fused-ring (bicyclic) bond motifs is 3. The summed E-state index contributed by atoms with van der Waals surface area (Å²) < 4.78 is 24.0. The minimum atomic E-state index is -0.325.